The first-order valence-electron chi connectivity index (χ1n) is 8.13. The van der Waals surface area contributed by atoms with Crippen molar-refractivity contribution in [3.05, 3.63) is 23.9 Å². The molecule has 2 atom stereocenters. The van der Waals surface area contributed by atoms with Crippen molar-refractivity contribution < 1.29 is 4.79 Å². The van der Waals surface area contributed by atoms with Crippen LogP contribution in [0.3, 0.4) is 0 Å². The Balaban J connectivity index is 0.00000208. The number of carbonyl (C=O) groups is 1. The van der Waals surface area contributed by atoms with E-state index >= 15 is 0 Å². The van der Waals surface area contributed by atoms with Crippen molar-refractivity contribution in [1.29, 1.82) is 5.26 Å². The van der Waals surface area contributed by atoms with Crippen molar-refractivity contribution in [3.63, 3.8) is 0 Å². The first-order chi connectivity index (χ1) is 11.1. The SMILES string of the molecule is CN(C)C(=O)CN1C[C@H](Nc2cccc(C#N)n2)[C@@H](C2CC2)C1.Cl. The second-order valence-corrected chi connectivity index (χ2v) is 6.75. The third-order valence-electron chi connectivity index (χ3n) is 4.72. The predicted molar refractivity (Wildman–Crippen MR) is 95.0 cm³/mol. The van der Waals surface area contributed by atoms with Gasteiger partial charge in [0.15, 0.2) is 0 Å². The summed E-state index contributed by atoms with van der Waals surface area (Å²) in [6.45, 7) is 2.28. The maximum atomic E-state index is 12.0. The molecule has 130 valence electrons. The summed E-state index contributed by atoms with van der Waals surface area (Å²) in [5, 5.41) is 12.5. The van der Waals surface area contributed by atoms with Gasteiger partial charge in [-0.3, -0.25) is 9.69 Å². The van der Waals surface area contributed by atoms with Gasteiger partial charge in [0.05, 0.1) is 6.54 Å². The number of nitriles is 1. The Kier molecular flexibility index (Phi) is 6.03. The predicted octanol–water partition coefficient (Wildman–Crippen LogP) is 1.59. The number of likely N-dealkylation sites (N-methyl/N-ethyl adjacent to an activating group) is 1. The van der Waals surface area contributed by atoms with Crippen molar-refractivity contribution in [2.45, 2.75) is 18.9 Å². The van der Waals surface area contributed by atoms with Gasteiger partial charge in [0.1, 0.15) is 17.6 Å². The van der Waals surface area contributed by atoms with Crippen LogP contribution in [0.5, 0.6) is 0 Å². The van der Waals surface area contributed by atoms with Gasteiger partial charge in [-0.1, -0.05) is 6.07 Å². The quantitative estimate of drug-likeness (QED) is 0.873. The summed E-state index contributed by atoms with van der Waals surface area (Å²) in [5.41, 5.74) is 0.426. The lowest BCUT2D eigenvalue weighted by atomic mass is 9.98. The van der Waals surface area contributed by atoms with Crippen LogP contribution < -0.4 is 5.32 Å². The van der Waals surface area contributed by atoms with Crippen LogP contribution in [0.15, 0.2) is 18.2 Å². The molecule has 1 saturated carbocycles. The minimum Gasteiger partial charge on any atom is -0.366 e. The van der Waals surface area contributed by atoms with Gasteiger partial charge in [0.2, 0.25) is 5.91 Å². The number of rotatable bonds is 5. The molecule has 2 heterocycles. The molecule has 24 heavy (non-hydrogen) atoms. The lowest BCUT2D eigenvalue weighted by Gasteiger charge is -2.20. The maximum absolute atomic E-state index is 12.0. The van der Waals surface area contributed by atoms with Crippen LogP contribution in [0, 0.1) is 23.2 Å². The Morgan fingerprint density at radius 3 is 2.79 bits per heavy atom. The number of anilines is 1. The fraction of sp³-hybridized carbons (Fsp3) is 0.588. The molecule has 1 N–H and O–H groups in total. The van der Waals surface area contributed by atoms with Crippen molar-refractivity contribution in [3.8, 4) is 6.07 Å². The second-order valence-electron chi connectivity index (χ2n) is 6.75. The van der Waals surface area contributed by atoms with Crippen molar-refractivity contribution in [1.82, 2.24) is 14.8 Å². The average Bonchev–Trinajstić information content (AvgIpc) is 3.30. The molecular weight excluding hydrogens is 326 g/mol. The molecule has 7 heteroatoms. The summed E-state index contributed by atoms with van der Waals surface area (Å²) >= 11 is 0. The van der Waals surface area contributed by atoms with E-state index in [0.717, 1.165) is 24.8 Å². The number of nitrogens with one attached hydrogen (secondary N) is 1. The smallest absolute Gasteiger partial charge is 0.236 e. The first-order valence-corrected chi connectivity index (χ1v) is 8.13. The van der Waals surface area contributed by atoms with Crippen molar-refractivity contribution in [2.75, 3.05) is 39.0 Å². The summed E-state index contributed by atoms with van der Waals surface area (Å²) in [6.07, 6.45) is 2.56. The molecule has 2 aliphatic rings. The minimum atomic E-state index is 0. The summed E-state index contributed by atoms with van der Waals surface area (Å²) in [4.78, 5) is 20.1. The Morgan fingerprint density at radius 1 is 1.42 bits per heavy atom. The number of hydrogen-bond donors (Lipinski definition) is 1. The molecule has 6 nitrogen and oxygen atoms in total. The monoisotopic (exact) mass is 349 g/mol. The van der Waals surface area contributed by atoms with Gasteiger partial charge in [-0.25, -0.2) is 4.98 Å². The highest BCUT2D eigenvalue weighted by atomic mass is 35.5. The van der Waals surface area contributed by atoms with E-state index in [2.05, 4.69) is 21.3 Å². The number of likely N-dealkylation sites (tertiary alicyclic amines) is 1. The van der Waals surface area contributed by atoms with Gasteiger partial charge in [-0.15, -0.1) is 12.4 Å². The van der Waals surface area contributed by atoms with Gasteiger partial charge < -0.3 is 10.2 Å². The van der Waals surface area contributed by atoms with E-state index in [1.807, 2.05) is 12.1 Å². The Labute approximate surface area is 149 Å². The van der Waals surface area contributed by atoms with Gasteiger partial charge >= 0.3 is 0 Å². The number of nitrogens with zero attached hydrogens (tertiary/aromatic N) is 4. The zero-order valence-electron chi connectivity index (χ0n) is 14.1. The molecule has 3 rings (SSSR count). The van der Waals surface area contributed by atoms with Crippen LogP contribution in [-0.2, 0) is 4.79 Å². The highest BCUT2D eigenvalue weighted by molar-refractivity contribution is 5.85. The van der Waals surface area contributed by atoms with E-state index in [1.165, 1.54) is 12.8 Å². The molecule has 1 aliphatic carbocycles. The molecule has 1 saturated heterocycles. The number of halogens is 1. The lowest BCUT2D eigenvalue weighted by Crippen LogP contribution is -2.36. The molecule has 2 fully saturated rings. The Hall–Kier alpha value is -1.84. The van der Waals surface area contributed by atoms with E-state index in [0.29, 0.717) is 24.2 Å². The fourth-order valence-corrected chi connectivity index (χ4v) is 3.30. The molecular formula is C17H24ClN5O. The second kappa shape index (κ2) is 7.82. The summed E-state index contributed by atoms with van der Waals surface area (Å²) in [7, 11) is 3.59. The van der Waals surface area contributed by atoms with Gasteiger partial charge in [-0.05, 0) is 36.8 Å². The number of hydrogen-bond acceptors (Lipinski definition) is 5. The third-order valence-corrected chi connectivity index (χ3v) is 4.72. The van der Waals surface area contributed by atoms with Crippen molar-refractivity contribution >= 4 is 24.1 Å². The molecule has 0 radical (unpaired) electrons. The molecule has 0 unspecified atom stereocenters. The van der Waals surface area contributed by atoms with Gasteiger partial charge in [-0.2, -0.15) is 5.26 Å². The summed E-state index contributed by atoms with van der Waals surface area (Å²) < 4.78 is 0. The summed E-state index contributed by atoms with van der Waals surface area (Å²) in [5.74, 6) is 2.20. The number of amides is 1. The topological polar surface area (TPSA) is 72.3 Å². The molecule has 1 aromatic heterocycles. The van der Waals surface area contributed by atoms with Crippen LogP contribution in [0.25, 0.3) is 0 Å². The average molecular weight is 350 g/mol. The lowest BCUT2D eigenvalue weighted by molar-refractivity contribution is -0.129. The Bertz CT molecular complexity index is 626. The zero-order valence-corrected chi connectivity index (χ0v) is 14.9. The number of pyridine rings is 1. The van der Waals surface area contributed by atoms with Crippen LogP contribution in [0.4, 0.5) is 5.82 Å². The Morgan fingerprint density at radius 2 is 2.17 bits per heavy atom. The highest BCUT2D eigenvalue weighted by Gasteiger charge is 2.42. The normalized spacial score (nSPS) is 23.2. The van der Waals surface area contributed by atoms with E-state index in [4.69, 9.17) is 5.26 Å². The number of aromatic nitrogens is 1. The van der Waals surface area contributed by atoms with Crippen LogP contribution in [-0.4, -0.2) is 60.5 Å². The molecule has 0 bridgehead atoms. The highest BCUT2D eigenvalue weighted by Crippen LogP contribution is 2.42. The first kappa shape index (κ1) is 18.5. The molecule has 0 aromatic carbocycles. The van der Waals surface area contributed by atoms with Crippen LogP contribution in [0.2, 0.25) is 0 Å². The molecule has 0 spiro atoms. The molecule has 1 aliphatic heterocycles. The standard InChI is InChI=1S/C17H23N5O.ClH/c1-21(2)17(23)11-22-9-14(12-6-7-12)15(10-22)20-16-5-3-4-13(8-18)19-16;/h3-5,12,14-15H,6-7,9-11H2,1-2H3,(H,19,20);1H/t14-,15+;/m1./s1. The fourth-order valence-electron chi connectivity index (χ4n) is 3.30. The largest absolute Gasteiger partial charge is 0.366 e. The van der Waals surface area contributed by atoms with Crippen LogP contribution in [0.1, 0.15) is 18.5 Å². The van der Waals surface area contributed by atoms with Gasteiger partial charge in [0.25, 0.3) is 0 Å². The van der Waals surface area contributed by atoms with Crippen LogP contribution >= 0.6 is 12.4 Å². The molecule has 1 aromatic rings. The van der Waals surface area contributed by atoms with E-state index in [1.54, 1.807) is 25.1 Å². The molecule has 1 amide bonds. The zero-order chi connectivity index (χ0) is 16.4. The summed E-state index contributed by atoms with van der Waals surface area (Å²) in [6, 6.07) is 7.82. The number of carbonyl (C=O) groups excluding carboxylic acids is 1. The van der Waals surface area contributed by atoms with E-state index < -0.39 is 0 Å². The van der Waals surface area contributed by atoms with E-state index in [-0.39, 0.29) is 18.3 Å². The minimum absolute atomic E-state index is 0. The third kappa shape index (κ3) is 4.37. The van der Waals surface area contributed by atoms with Crippen molar-refractivity contribution in [2.24, 2.45) is 11.8 Å². The van der Waals surface area contributed by atoms with Gasteiger partial charge in [0, 0.05) is 33.2 Å². The van der Waals surface area contributed by atoms with E-state index in [9.17, 15) is 4.79 Å². The maximum Gasteiger partial charge on any atom is 0.236 e.